The molecule has 1 aromatic heterocycles. The van der Waals surface area contributed by atoms with Gasteiger partial charge < -0.3 is 9.32 Å². The Kier molecular flexibility index (Phi) is 8.53. The summed E-state index contributed by atoms with van der Waals surface area (Å²) >= 11 is 0. The highest BCUT2D eigenvalue weighted by molar-refractivity contribution is 6.16. The molecule has 2 nitrogen and oxygen atoms in total. The van der Waals surface area contributed by atoms with Gasteiger partial charge >= 0.3 is 0 Å². The van der Waals surface area contributed by atoms with Crippen LogP contribution in [0, 0.1) is 0 Å². The molecule has 10 aromatic carbocycles. The highest BCUT2D eigenvalue weighted by Crippen LogP contribution is 2.63. The number of hydrogen-bond donors (Lipinski definition) is 0. The fourth-order valence-corrected chi connectivity index (χ4v) is 11.4. The van der Waals surface area contributed by atoms with E-state index in [0.717, 1.165) is 61.3 Å². The second-order valence-corrected chi connectivity index (χ2v) is 17.5. The van der Waals surface area contributed by atoms with Crippen molar-refractivity contribution in [2.24, 2.45) is 0 Å². The Morgan fingerprint density at radius 2 is 1.03 bits per heavy atom. The van der Waals surface area contributed by atoms with Crippen LogP contribution in [0.2, 0.25) is 0 Å². The summed E-state index contributed by atoms with van der Waals surface area (Å²) in [7, 11) is 0. The summed E-state index contributed by atoms with van der Waals surface area (Å²) in [5.41, 5.74) is 19.1. The average molecular weight is 842 g/mol. The second kappa shape index (κ2) is 14.8. The molecule has 11 aromatic rings. The van der Waals surface area contributed by atoms with Crippen LogP contribution < -0.4 is 4.90 Å². The molecule has 1 spiro atoms. The lowest BCUT2D eigenvalue weighted by atomic mass is 9.69. The van der Waals surface area contributed by atoms with Gasteiger partial charge in [-0.3, -0.25) is 0 Å². The molecule has 2 heteroatoms. The largest absolute Gasteiger partial charge is 0.455 e. The van der Waals surface area contributed by atoms with Gasteiger partial charge in [-0.1, -0.05) is 201 Å². The molecule has 0 saturated carbocycles. The van der Waals surface area contributed by atoms with Gasteiger partial charge in [0.15, 0.2) is 0 Å². The molecule has 2 aliphatic rings. The van der Waals surface area contributed by atoms with E-state index < -0.39 is 5.41 Å². The molecule has 1 heterocycles. The van der Waals surface area contributed by atoms with Crippen LogP contribution in [-0.4, -0.2) is 0 Å². The van der Waals surface area contributed by atoms with E-state index >= 15 is 0 Å². The Bertz CT molecular complexity index is 3800. The van der Waals surface area contributed by atoms with Crippen molar-refractivity contribution in [3.05, 3.63) is 271 Å². The topological polar surface area (TPSA) is 16.4 Å². The van der Waals surface area contributed by atoms with Gasteiger partial charge in [0.2, 0.25) is 0 Å². The van der Waals surface area contributed by atoms with E-state index in [1.54, 1.807) is 0 Å². The lowest BCUT2D eigenvalue weighted by Gasteiger charge is -2.31. The van der Waals surface area contributed by atoms with E-state index in [1.807, 2.05) is 12.1 Å². The molecule has 13 rings (SSSR count). The van der Waals surface area contributed by atoms with Gasteiger partial charge in [-0.25, -0.2) is 0 Å². The molecule has 0 bridgehead atoms. The molecule has 310 valence electrons. The molecular formula is C64H43NO. The zero-order valence-corrected chi connectivity index (χ0v) is 36.5. The van der Waals surface area contributed by atoms with Crippen molar-refractivity contribution in [2.45, 2.75) is 12.3 Å². The number of fused-ring (bicyclic) bond motifs is 13. The maximum absolute atomic E-state index is 6.48. The smallest absolute Gasteiger partial charge is 0.143 e. The SMILES string of the molecule is C=C(C1=C(/C=C\C)C2(c3ccccc31)c1ccccc1-c1ccccc12)c1ccc(N(c2ccc(-c3cccc4c3oc3ccccc34)cc2)c2cccc3ccc4ccccc4c23)cc1. The van der Waals surface area contributed by atoms with Crippen molar-refractivity contribution < 1.29 is 4.42 Å². The zero-order valence-electron chi connectivity index (χ0n) is 36.5. The van der Waals surface area contributed by atoms with E-state index in [4.69, 9.17) is 11.0 Å². The first kappa shape index (κ1) is 38.0. The first-order chi connectivity index (χ1) is 32.6. The van der Waals surface area contributed by atoms with Crippen LogP contribution in [0.3, 0.4) is 0 Å². The van der Waals surface area contributed by atoms with Crippen molar-refractivity contribution >= 4 is 71.7 Å². The number of allylic oxidation sites excluding steroid dienone is 5. The fraction of sp³-hybridized carbons (Fsp3) is 0.0312. The average Bonchev–Trinajstić information content (AvgIpc) is 4.01. The van der Waals surface area contributed by atoms with Gasteiger partial charge in [0.1, 0.15) is 11.2 Å². The normalized spacial score (nSPS) is 13.6. The zero-order chi connectivity index (χ0) is 43.9. The third-order valence-corrected chi connectivity index (χ3v) is 14.2. The van der Waals surface area contributed by atoms with Crippen molar-refractivity contribution in [3.8, 4) is 22.3 Å². The first-order valence-electron chi connectivity index (χ1n) is 22.8. The van der Waals surface area contributed by atoms with Crippen LogP contribution in [0.25, 0.3) is 76.9 Å². The molecule has 0 unspecified atom stereocenters. The van der Waals surface area contributed by atoms with Crippen LogP contribution >= 0.6 is 0 Å². The first-order valence-corrected chi connectivity index (χ1v) is 22.8. The molecule has 66 heavy (non-hydrogen) atoms. The Morgan fingerprint density at radius 3 is 1.76 bits per heavy atom. The van der Waals surface area contributed by atoms with Crippen LogP contribution in [0.1, 0.15) is 34.7 Å². The third kappa shape index (κ3) is 5.42. The second-order valence-electron chi connectivity index (χ2n) is 17.5. The number of benzene rings is 10. The van der Waals surface area contributed by atoms with E-state index in [9.17, 15) is 0 Å². The van der Waals surface area contributed by atoms with Crippen molar-refractivity contribution in [2.75, 3.05) is 4.90 Å². The molecule has 0 radical (unpaired) electrons. The number of anilines is 3. The number of nitrogens with zero attached hydrogens (tertiary/aromatic N) is 1. The number of para-hydroxylation sites is 2. The minimum atomic E-state index is -0.454. The monoisotopic (exact) mass is 841 g/mol. The molecule has 0 aliphatic heterocycles. The quantitative estimate of drug-likeness (QED) is 0.149. The molecule has 0 N–H and O–H groups in total. The molecule has 0 atom stereocenters. The van der Waals surface area contributed by atoms with Gasteiger partial charge in [0, 0.05) is 33.1 Å². The van der Waals surface area contributed by atoms with Crippen LogP contribution in [0.4, 0.5) is 17.1 Å². The van der Waals surface area contributed by atoms with E-state index in [2.05, 4.69) is 230 Å². The van der Waals surface area contributed by atoms with Gasteiger partial charge in [-0.2, -0.15) is 0 Å². The van der Waals surface area contributed by atoms with Gasteiger partial charge in [-0.15, -0.1) is 0 Å². The highest BCUT2D eigenvalue weighted by Gasteiger charge is 2.52. The van der Waals surface area contributed by atoms with Crippen LogP contribution in [0.15, 0.2) is 247 Å². The standard InChI is InChI=1S/C64H43NO/c1-3-16-58-61(54-23-8-12-28-57(54)64(58)55-26-10-6-20-50(55)51-21-7-11-27-56(51)64)41(2)42-33-37-46(38-34-42)65(59-29-14-18-45-32-31-43-17-4-5-19-48(43)62(45)59)47-39-35-44(36-40-47)49-24-15-25-53-52-22-9-13-30-60(52)66-63(49)53/h3-40H,2H2,1H3/b16-3-. The van der Waals surface area contributed by atoms with Crippen LogP contribution in [0.5, 0.6) is 0 Å². The summed E-state index contributed by atoms with van der Waals surface area (Å²) < 4.78 is 6.48. The van der Waals surface area contributed by atoms with Gasteiger partial charge in [0.05, 0.1) is 11.1 Å². The number of hydrogen-bond acceptors (Lipinski definition) is 2. The maximum Gasteiger partial charge on any atom is 0.143 e. The van der Waals surface area contributed by atoms with Crippen molar-refractivity contribution in [3.63, 3.8) is 0 Å². The molecule has 0 fully saturated rings. The highest BCUT2D eigenvalue weighted by atomic mass is 16.3. The number of rotatable bonds is 7. The van der Waals surface area contributed by atoms with E-state index in [1.165, 1.54) is 66.1 Å². The Labute approximate surface area is 384 Å². The summed E-state index contributed by atoms with van der Waals surface area (Å²) in [5, 5.41) is 7.10. The summed E-state index contributed by atoms with van der Waals surface area (Å²) in [4.78, 5) is 2.41. The lowest BCUT2D eigenvalue weighted by molar-refractivity contribution is 0.670. The predicted molar refractivity (Wildman–Crippen MR) is 278 cm³/mol. The molecule has 0 saturated heterocycles. The Balaban J connectivity index is 0.963. The Morgan fingerprint density at radius 1 is 0.485 bits per heavy atom. The minimum absolute atomic E-state index is 0.454. The maximum atomic E-state index is 6.48. The third-order valence-electron chi connectivity index (χ3n) is 14.2. The molecular weight excluding hydrogens is 799 g/mol. The van der Waals surface area contributed by atoms with Gasteiger partial charge in [-0.05, 0) is 121 Å². The number of furan rings is 1. The summed E-state index contributed by atoms with van der Waals surface area (Å²) in [6.45, 7) is 7.06. The summed E-state index contributed by atoms with van der Waals surface area (Å²) in [6.07, 6.45) is 4.52. The van der Waals surface area contributed by atoms with Gasteiger partial charge in [0.25, 0.3) is 0 Å². The molecule has 2 aliphatic carbocycles. The van der Waals surface area contributed by atoms with Crippen LogP contribution in [-0.2, 0) is 5.41 Å². The lowest BCUT2D eigenvalue weighted by Crippen LogP contribution is -2.26. The predicted octanol–water partition coefficient (Wildman–Crippen LogP) is 17.4. The Hall–Kier alpha value is -8.46. The summed E-state index contributed by atoms with van der Waals surface area (Å²) in [6, 6.07) is 79.4. The van der Waals surface area contributed by atoms with Crippen molar-refractivity contribution in [1.82, 2.24) is 0 Å². The molecule has 0 amide bonds. The summed E-state index contributed by atoms with van der Waals surface area (Å²) in [5.74, 6) is 0. The van der Waals surface area contributed by atoms with E-state index in [-0.39, 0.29) is 0 Å². The van der Waals surface area contributed by atoms with Crippen molar-refractivity contribution in [1.29, 1.82) is 0 Å². The fourth-order valence-electron chi connectivity index (χ4n) is 11.4. The minimum Gasteiger partial charge on any atom is -0.455 e. The van der Waals surface area contributed by atoms with E-state index in [0.29, 0.717) is 0 Å².